The van der Waals surface area contributed by atoms with Gasteiger partial charge in [0.1, 0.15) is 0 Å². The van der Waals surface area contributed by atoms with E-state index in [0.717, 1.165) is 70.9 Å². The SMILES string of the molecule is O=P(c1ccc2c(c1)[Si](c1ccccc1)(c1ccccc1)c1cc3c4ccccc4c4ccccc4c3cc1-2)(c1ccc2c(c1)c1ccccc1n2-c1ccccc1)c1ccc2c(c1)c1ccccc1n2-c1ccccc1. The Labute approximate surface area is 446 Å². The third-order valence-electron chi connectivity index (χ3n) is 16.8. The Balaban J connectivity index is 1.02. The fraction of sp³-hybridized carbons (Fsp3) is 0. The van der Waals surface area contributed by atoms with E-state index in [4.69, 9.17) is 0 Å². The molecule has 3 nitrogen and oxygen atoms in total. The number of benzene rings is 13. The maximum atomic E-state index is 18.0. The van der Waals surface area contributed by atoms with Crippen LogP contribution in [-0.2, 0) is 4.57 Å². The van der Waals surface area contributed by atoms with Crippen LogP contribution in [0.3, 0.4) is 0 Å². The number of nitrogens with zero attached hydrogens (tertiary/aromatic N) is 2. The molecule has 15 aromatic rings. The van der Waals surface area contributed by atoms with Gasteiger partial charge in [-0.1, -0.05) is 200 Å². The Morgan fingerprint density at radius 2 is 0.610 bits per heavy atom. The van der Waals surface area contributed by atoms with Crippen molar-refractivity contribution in [2.45, 2.75) is 0 Å². The van der Waals surface area contributed by atoms with Gasteiger partial charge in [-0.05, 0) is 149 Å². The van der Waals surface area contributed by atoms with Crippen molar-refractivity contribution in [3.05, 3.63) is 285 Å². The number of rotatable bonds is 7. The van der Waals surface area contributed by atoms with E-state index in [1.807, 2.05) is 0 Å². The zero-order chi connectivity index (χ0) is 50.8. The van der Waals surface area contributed by atoms with E-state index in [1.54, 1.807) is 0 Å². The molecule has 1 aliphatic rings. The molecule has 0 bridgehead atoms. The largest absolute Gasteiger partial charge is 0.309 e. The quantitative estimate of drug-likeness (QED) is 0.0888. The Hall–Kier alpha value is -9.31. The molecule has 16 rings (SSSR count). The van der Waals surface area contributed by atoms with Gasteiger partial charge in [0.2, 0.25) is 0 Å². The molecule has 0 saturated heterocycles. The van der Waals surface area contributed by atoms with Gasteiger partial charge in [-0.15, -0.1) is 0 Å². The van der Waals surface area contributed by atoms with E-state index >= 15 is 4.57 Å². The molecule has 0 fully saturated rings. The lowest BCUT2D eigenvalue weighted by Crippen LogP contribution is -2.73. The molecule has 5 heteroatoms. The molecular formula is C72H47N2OPSi. The van der Waals surface area contributed by atoms with E-state index in [0.29, 0.717) is 0 Å². The number of para-hydroxylation sites is 4. The van der Waals surface area contributed by atoms with Crippen LogP contribution in [0.15, 0.2) is 285 Å². The highest BCUT2D eigenvalue weighted by atomic mass is 31.2. The van der Waals surface area contributed by atoms with E-state index in [2.05, 4.69) is 294 Å². The first kappa shape index (κ1) is 44.0. The number of hydrogen-bond acceptors (Lipinski definition) is 1. The van der Waals surface area contributed by atoms with Crippen molar-refractivity contribution in [1.29, 1.82) is 0 Å². The third-order valence-corrected chi connectivity index (χ3v) is 24.7. The highest BCUT2D eigenvalue weighted by Crippen LogP contribution is 2.47. The van der Waals surface area contributed by atoms with Gasteiger partial charge in [-0.25, -0.2) is 0 Å². The highest BCUT2D eigenvalue weighted by molar-refractivity contribution is 7.85. The lowest BCUT2D eigenvalue weighted by molar-refractivity contribution is 0.592. The normalized spacial score (nSPS) is 13.1. The summed E-state index contributed by atoms with van der Waals surface area (Å²) in [6.07, 6.45) is 0. The van der Waals surface area contributed by atoms with Crippen LogP contribution in [-0.4, -0.2) is 17.2 Å². The smallest absolute Gasteiger partial charge is 0.180 e. The van der Waals surface area contributed by atoms with Crippen LogP contribution in [0, 0.1) is 0 Å². The van der Waals surface area contributed by atoms with Gasteiger partial charge in [0.05, 0.1) is 22.1 Å². The lowest BCUT2D eigenvalue weighted by Gasteiger charge is -2.32. The molecule has 0 spiro atoms. The third kappa shape index (κ3) is 6.23. The molecule has 0 aliphatic carbocycles. The van der Waals surface area contributed by atoms with Crippen molar-refractivity contribution < 1.29 is 4.57 Å². The first-order valence-corrected chi connectivity index (χ1v) is 30.2. The summed E-state index contributed by atoms with van der Waals surface area (Å²) in [6.45, 7) is 0. The van der Waals surface area contributed by atoms with Gasteiger partial charge < -0.3 is 13.7 Å². The van der Waals surface area contributed by atoms with Crippen LogP contribution < -0.4 is 36.7 Å². The van der Waals surface area contributed by atoms with Gasteiger partial charge in [-0.3, -0.25) is 0 Å². The molecule has 0 N–H and O–H groups in total. The second kappa shape index (κ2) is 16.8. The molecule has 0 radical (unpaired) electrons. The second-order valence-corrected chi connectivity index (χ2v) is 27.1. The Morgan fingerprint density at radius 1 is 0.260 bits per heavy atom. The van der Waals surface area contributed by atoms with Crippen molar-refractivity contribution >= 4 is 128 Å². The van der Waals surface area contributed by atoms with Crippen molar-refractivity contribution in [3.8, 4) is 22.5 Å². The molecule has 1 aliphatic heterocycles. The molecule has 3 heterocycles. The fourth-order valence-corrected chi connectivity index (χ4v) is 21.6. The zero-order valence-electron chi connectivity index (χ0n) is 41.9. The number of hydrogen-bond donors (Lipinski definition) is 0. The molecule has 360 valence electrons. The van der Waals surface area contributed by atoms with Crippen LogP contribution >= 0.6 is 7.14 Å². The molecule has 13 aromatic carbocycles. The van der Waals surface area contributed by atoms with Crippen molar-refractivity contribution in [3.63, 3.8) is 0 Å². The fourth-order valence-electron chi connectivity index (χ4n) is 13.5. The predicted octanol–water partition coefficient (Wildman–Crippen LogP) is 14.3. The van der Waals surface area contributed by atoms with Gasteiger partial charge in [0.15, 0.2) is 15.2 Å². The van der Waals surface area contributed by atoms with Gasteiger partial charge >= 0.3 is 0 Å². The van der Waals surface area contributed by atoms with Crippen molar-refractivity contribution in [1.82, 2.24) is 9.13 Å². The van der Waals surface area contributed by atoms with Crippen LogP contribution in [0.4, 0.5) is 0 Å². The van der Waals surface area contributed by atoms with Crippen LogP contribution in [0.2, 0.25) is 0 Å². The first-order valence-electron chi connectivity index (χ1n) is 26.5. The van der Waals surface area contributed by atoms with Crippen molar-refractivity contribution in [2.24, 2.45) is 0 Å². The standard InChI is InChI=1S/C72H47N2OPSi/c75-76(50-38-41-69-64(43-50)59-33-17-19-35-67(59)73(69)48-21-5-1-6-22-48,51-39-42-70-65(44-51)60-34-18-20-36-68(60)74(70)49-23-7-2-8-24-49)52-37-40-61-66-46-62-57-31-15-13-29-55(57)56-30-14-16-32-58(56)63(62)47-72(66)77(71(61)45-52,53-25-9-3-10-26-53)54-27-11-4-12-28-54/h1-47H. The average Bonchev–Trinajstić information content (AvgIpc) is 4.29. The zero-order valence-corrected chi connectivity index (χ0v) is 43.8. The number of aromatic nitrogens is 2. The Morgan fingerprint density at radius 3 is 1.09 bits per heavy atom. The Kier molecular flexibility index (Phi) is 9.63. The second-order valence-electron chi connectivity index (χ2n) is 20.6. The molecule has 0 amide bonds. The number of fused-ring (bicyclic) bond motifs is 15. The lowest BCUT2D eigenvalue weighted by atomic mass is 9.92. The van der Waals surface area contributed by atoms with Crippen LogP contribution in [0.25, 0.3) is 98.4 Å². The topological polar surface area (TPSA) is 26.9 Å². The van der Waals surface area contributed by atoms with Crippen LogP contribution in [0.5, 0.6) is 0 Å². The highest BCUT2D eigenvalue weighted by Gasteiger charge is 2.50. The van der Waals surface area contributed by atoms with Gasteiger partial charge in [0.25, 0.3) is 0 Å². The van der Waals surface area contributed by atoms with Crippen LogP contribution in [0.1, 0.15) is 0 Å². The maximum Gasteiger partial charge on any atom is 0.180 e. The minimum Gasteiger partial charge on any atom is -0.309 e. The summed E-state index contributed by atoms with van der Waals surface area (Å²) < 4.78 is 22.7. The molecule has 77 heavy (non-hydrogen) atoms. The molecular weight excluding hydrogens is 968 g/mol. The summed E-state index contributed by atoms with van der Waals surface area (Å²) in [5.74, 6) is 0. The monoisotopic (exact) mass is 1010 g/mol. The van der Waals surface area contributed by atoms with Crippen molar-refractivity contribution in [2.75, 3.05) is 0 Å². The minimum absolute atomic E-state index is 0.804. The van der Waals surface area contributed by atoms with E-state index < -0.39 is 15.2 Å². The van der Waals surface area contributed by atoms with E-state index in [-0.39, 0.29) is 0 Å². The summed E-state index contributed by atoms with van der Waals surface area (Å²) in [6, 6.07) is 104. The summed E-state index contributed by atoms with van der Waals surface area (Å²) in [5, 5.41) is 19.5. The molecule has 0 unspecified atom stereocenters. The molecule has 2 aromatic heterocycles. The predicted molar refractivity (Wildman–Crippen MR) is 330 cm³/mol. The summed E-state index contributed by atoms with van der Waals surface area (Å²) in [5.41, 5.74) is 9.00. The molecule has 0 saturated carbocycles. The summed E-state index contributed by atoms with van der Waals surface area (Å²) in [4.78, 5) is 0. The van der Waals surface area contributed by atoms with Gasteiger partial charge in [0, 0.05) is 48.8 Å². The average molecular weight is 1020 g/mol. The van der Waals surface area contributed by atoms with E-state index in [9.17, 15) is 0 Å². The first-order chi connectivity index (χ1) is 38.1. The van der Waals surface area contributed by atoms with Gasteiger partial charge in [-0.2, -0.15) is 0 Å². The minimum atomic E-state index is -3.74. The van der Waals surface area contributed by atoms with E-state index in [1.165, 1.54) is 64.2 Å². The molecule has 0 atom stereocenters. The Bertz CT molecular complexity index is 4750. The summed E-state index contributed by atoms with van der Waals surface area (Å²) in [7, 11) is -6.90. The summed E-state index contributed by atoms with van der Waals surface area (Å²) >= 11 is 0. The maximum absolute atomic E-state index is 18.0.